The minimum absolute atomic E-state index is 0.0226. The number of imide groups is 1. The van der Waals surface area contributed by atoms with Crippen molar-refractivity contribution in [3.63, 3.8) is 0 Å². The van der Waals surface area contributed by atoms with E-state index in [0.717, 1.165) is 11.0 Å². The number of furan rings is 1. The molecule has 2 heterocycles. The fourth-order valence-corrected chi connectivity index (χ4v) is 4.20. The summed E-state index contributed by atoms with van der Waals surface area (Å²) in [4.78, 5) is 37.9. The molecule has 0 aliphatic carbocycles. The molecule has 6 nitrogen and oxygen atoms in total. The molecule has 1 aliphatic rings. The highest BCUT2D eigenvalue weighted by atomic mass is 35.5. The zero-order valence-electron chi connectivity index (χ0n) is 17.1. The van der Waals surface area contributed by atoms with Gasteiger partial charge in [-0.25, -0.2) is 0 Å². The van der Waals surface area contributed by atoms with Gasteiger partial charge in [0.15, 0.2) is 0 Å². The van der Waals surface area contributed by atoms with Crippen LogP contribution in [0.2, 0.25) is 5.02 Å². The van der Waals surface area contributed by atoms with Crippen LogP contribution in [0.4, 0.5) is 23.7 Å². The number of rotatable bonds is 5. The Morgan fingerprint density at radius 2 is 1.85 bits per heavy atom. The molecule has 0 spiro atoms. The van der Waals surface area contributed by atoms with Gasteiger partial charge < -0.3 is 9.73 Å². The van der Waals surface area contributed by atoms with Gasteiger partial charge in [0.1, 0.15) is 18.1 Å². The number of carbonyl (C=O) groups excluding carboxylic acids is 3. The summed E-state index contributed by atoms with van der Waals surface area (Å²) in [5.41, 5.74) is -0.607. The predicted octanol–water partition coefficient (Wildman–Crippen LogP) is 6.29. The lowest BCUT2D eigenvalue weighted by molar-refractivity contribution is -0.137. The van der Waals surface area contributed by atoms with Crippen LogP contribution >= 0.6 is 23.4 Å². The van der Waals surface area contributed by atoms with Crippen LogP contribution in [0, 0.1) is 0 Å². The molecule has 3 aromatic rings. The number of hydrogen-bond donors (Lipinski definition) is 1. The topological polar surface area (TPSA) is 79.6 Å². The van der Waals surface area contributed by atoms with Crippen molar-refractivity contribution >= 4 is 52.2 Å². The van der Waals surface area contributed by atoms with Crippen molar-refractivity contribution in [3.8, 4) is 11.3 Å². The summed E-state index contributed by atoms with van der Waals surface area (Å²) in [6.07, 6.45) is -3.32. The second-order valence-corrected chi connectivity index (χ2v) is 8.50. The summed E-state index contributed by atoms with van der Waals surface area (Å²) in [6, 6.07) is 14.0. The third-order valence-electron chi connectivity index (χ3n) is 4.68. The van der Waals surface area contributed by atoms with Crippen LogP contribution < -0.4 is 5.32 Å². The Hall–Kier alpha value is -3.50. The van der Waals surface area contributed by atoms with Crippen LogP contribution in [-0.2, 0) is 15.8 Å². The molecule has 4 rings (SSSR count). The molecule has 1 aromatic heterocycles. The standard InChI is InChI=1S/C23H14ClF3N2O4S/c24-13-4-3-5-14(10-13)28-20(30)12-29-21(31)19(34-22(29)32)11-15-8-9-18(33-15)16-6-1-2-7-17(16)23(25,26)27/h1-11H,12H2,(H,28,30)/b19-11+. The zero-order valence-corrected chi connectivity index (χ0v) is 18.6. The molecule has 3 amide bonds. The molecule has 2 aromatic carbocycles. The minimum Gasteiger partial charge on any atom is -0.457 e. The van der Waals surface area contributed by atoms with Crippen molar-refractivity contribution in [2.75, 3.05) is 11.9 Å². The first-order chi connectivity index (χ1) is 16.1. The number of carbonyl (C=O) groups is 3. The Labute approximate surface area is 200 Å². The molecular weight excluding hydrogens is 493 g/mol. The van der Waals surface area contributed by atoms with Crippen LogP contribution in [0.5, 0.6) is 0 Å². The summed E-state index contributed by atoms with van der Waals surface area (Å²) in [5.74, 6) is -1.28. The van der Waals surface area contributed by atoms with Gasteiger partial charge in [0.25, 0.3) is 11.1 Å². The van der Waals surface area contributed by atoms with Gasteiger partial charge in [-0.1, -0.05) is 35.9 Å². The predicted molar refractivity (Wildman–Crippen MR) is 122 cm³/mol. The molecule has 0 saturated carbocycles. The number of thioether (sulfide) groups is 1. The largest absolute Gasteiger partial charge is 0.457 e. The van der Waals surface area contributed by atoms with E-state index in [1.165, 1.54) is 42.5 Å². The van der Waals surface area contributed by atoms with Crippen LogP contribution in [0.25, 0.3) is 17.4 Å². The normalized spacial score (nSPS) is 15.3. The first-order valence-corrected chi connectivity index (χ1v) is 10.9. The number of nitrogens with zero attached hydrogens (tertiary/aromatic N) is 1. The van der Waals surface area contributed by atoms with Crippen LogP contribution in [0.15, 0.2) is 70.0 Å². The van der Waals surface area contributed by atoms with E-state index in [1.807, 2.05) is 0 Å². The molecule has 34 heavy (non-hydrogen) atoms. The molecule has 11 heteroatoms. The number of anilines is 1. The van der Waals surface area contributed by atoms with Crippen LogP contribution in [0.1, 0.15) is 11.3 Å². The molecule has 0 bridgehead atoms. The van der Waals surface area contributed by atoms with Crippen molar-refractivity contribution in [2.45, 2.75) is 6.18 Å². The van der Waals surface area contributed by atoms with Crippen LogP contribution in [-0.4, -0.2) is 28.5 Å². The van der Waals surface area contributed by atoms with E-state index in [9.17, 15) is 27.6 Å². The number of alkyl halides is 3. The first kappa shape index (κ1) is 23.7. The summed E-state index contributed by atoms with van der Waals surface area (Å²) in [5, 5.41) is 2.29. The van der Waals surface area contributed by atoms with Gasteiger partial charge >= 0.3 is 6.18 Å². The molecular formula is C23H14ClF3N2O4S. The average Bonchev–Trinajstić information content (AvgIpc) is 3.33. The highest BCUT2D eigenvalue weighted by molar-refractivity contribution is 8.18. The van der Waals surface area contributed by atoms with Crippen molar-refractivity contribution in [1.29, 1.82) is 0 Å². The third-order valence-corrected chi connectivity index (χ3v) is 5.82. The maximum absolute atomic E-state index is 13.3. The van der Waals surface area contributed by atoms with Crippen molar-refractivity contribution in [2.24, 2.45) is 0 Å². The fraction of sp³-hybridized carbons (Fsp3) is 0.0870. The smallest absolute Gasteiger partial charge is 0.417 e. The Balaban J connectivity index is 1.49. The van der Waals surface area contributed by atoms with E-state index in [2.05, 4.69) is 5.32 Å². The van der Waals surface area contributed by atoms with Crippen molar-refractivity contribution in [3.05, 3.63) is 81.9 Å². The minimum atomic E-state index is -4.57. The number of halogens is 4. The Morgan fingerprint density at radius 3 is 2.59 bits per heavy atom. The van der Waals surface area contributed by atoms with Gasteiger partial charge in [-0.05, 0) is 48.2 Å². The lowest BCUT2D eigenvalue weighted by atomic mass is 10.1. The summed E-state index contributed by atoms with van der Waals surface area (Å²) in [6.45, 7) is -0.517. The lowest BCUT2D eigenvalue weighted by Gasteiger charge is -2.12. The molecule has 0 atom stereocenters. The lowest BCUT2D eigenvalue weighted by Crippen LogP contribution is -2.36. The maximum atomic E-state index is 13.3. The van der Waals surface area contributed by atoms with Gasteiger partial charge in [-0.15, -0.1) is 0 Å². The van der Waals surface area contributed by atoms with Crippen molar-refractivity contribution < 1.29 is 32.0 Å². The van der Waals surface area contributed by atoms with Gasteiger partial charge in [0.2, 0.25) is 5.91 Å². The van der Waals surface area contributed by atoms with Gasteiger partial charge in [0.05, 0.1) is 10.5 Å². The summed E-state index contributed by atoms with van der Waals surface area (Å²) in [7, 11) is 0. The van der Waals surface area contributed by atoms with Gasteiger partial charge in [-0.2, -0.15) is 13.2 Å². The van der Waals surface area contributed by atoms with E-state index in [0.29, 0.717) is 22.5 Å². The van der Waals surface area contributed by atoms with E-state index < -0.39 is 35.3 Å². The molecule has 1 fully saturated rings. The second kappa shape index (κ2) is 9.40. The molecule has 1 saturated heterocycles. The quantitative estimate of drug-likeness (QED) is 0.411. The SMILES string of the molecule is O=C(CN1C(=O)S/C(=C/c2ccc(-c3ccccc3C(F)(F)F)o2)C1=O)Nc1cccc(Cl)c1. The second-order valence-electron chi connectivity index (χ2n) is 7.07. The highest BCUT2D eigenvalue weighted by Gasteiger charge is 2.37. The number of nitrogens with one attached hydrogen (secondary N) is 1. The monoisotopic (exact) mass is 506 g/mol. The van der Waals surface area contributed by atoms with Crippen LogP contribution in [0.3, 0.4) is 0 Å². The van der Waals surface area contributed by atoms with Crippen molar-refractivity contribution in [1.82, 2.24) is 4.90 Å². The number of benzene rings is 2. The Morgan fingerprint density at radius 1 is 1.09 bits per heavy atom. The zero-order chi connectivity index (χ0) is 24.5. The molecule has 0 unspecified atom stereocenters. The maximum Gasteiger partial charge on any atom is 0.417 e. The molecule has 1 N–H and O–H groups in total. The van der Waals surface area contributed by atoms with Gasteiger partial charge in [0, 0.05) is 22.3 Å². The molecule has 0 radical (unpaired) electrons. The molecule has 1 aliphatic heterocycles. The van der Waals surface area contributed by atoms with E-state index in [4.69, 9.17) is 16.0 Å². The summed E-state index contributed by atoms with van der Waals surface area (Å²) >= 11 is 6.46. The number of hydrogen-bond acceptors (Lipinski definition) is 5. The van der Waals surface area contributed by atoms with E-state index in [-0.39, 0.29) is 22.0 Å². The fourth-order valence-electron chi connectivity index (χ4n) is 3.20. The van der Waals surface area contributed by atoms with Gasteiger partial charge in [-0.3, -0.25) is 19.3 Å². The van der Waals surface area contributed by atoms with E-state index >= 15 is 0 Å². The highest BCUT2D eigenvalue weighted by Crippen LogP contribution is 2.38. The Kier molecular flexibility index (Phi) is 6.54. The first-order valence-electron chi connectivity index (χ1n) is 9.69. The molecule has 174 valence electrons. The van der Waals surface area contributed by atoms with E-state index in [1.54, 1.807) is 18.2 Å². The number of amides is 3. The Bertz CT molecular complexity index is 1320. The average molecular weight is 507 g/mol. The summed E-state index contributed by atoms with van der Waals surface area (Å²) < 4.78 is 45.3. The third kappa shape index (κ3) is 5.18.